The Kier molecular flexibility index (Phi) is 10.2. The Morgan fingerprint density at radius 3 is 1.85 bits per heavy atom. The van der Waals surface area contributed by atoms with Crippen LogP contribution in [0, 0.1) is 0 Å². The van der Waals surface area contributed by atoms with Gasteiger partial charge in [0.1, 0.15) is 0 Å². The van der Waals surface area contributed by atoms with Gasteiger partial charge in [0.2, 0.25) is 0 Å². The highest BCUT2D eigenvalue weighted by atomic mass is 79.9. The van der Waals surface area contributed by atoms with Crippen LogP contribution in [0.1, 0.15) is 0 Å². The molecule has 0 atom stereocenters. The molecule has 2 aromatic rings. The number of hydrogen-bond donors (Lipinski definition) is 1. The number of carboxylic acids is 1. The molecule has 0 heterocycles. The Bertz CT molecular complexity index is 757. The highest BCUT2D eigenvalue weighted by molar-refractivity contribution is 9.10. The van der Waals surface area contributed by atoms with Gasteiger partial charge in [0, 0.05) is 37.4 Å². The third-order valence-electron chi connectivity index (χ3n) is 3.25. The van der Waals surface area contributed by atoms with Crippen LogP contribution in [0.4, 0.5) is 0 Å². The summed E-state index contributed by atoms with van der Waals surface area (Å²) in [5.74, 6) is -0.502. The minimum Gasteiger partial charge on any atom is -0.480 e. The van der Waals surface area contributed by atoms with Crippen LogP contribution in [-0.4, -0.2) is 41.2 Å². The smallest absolute Gasteiger partial charge is 0.317 e. The second-order valence-electron chi connectivity index (χ2n) is 5.48. The Hall–Kier alpha value is 0.470. The molecule has 0 aliphatic carbocycles. The second kappa shape index (κ2) is 11.6. The molecular weight excluding hydrogens is 573 g/mol. The first-order chi connectivity index (χ1) is 12.8. The van der Waals surface area contributed by atoms with E-state index in [4.69, 9.17) is 23.4 Å². The fourth-order valence-corrected chi connectivity index (χ4v) is 13.0. The van der Waals surface area contributed by atoms with Crippen molar-refractivity contribution in [2.45, 2.75) is 9.79 Å². The molecule has 146 valence electrons. The highest BCUT2D eigenvalue weighted by Crippen LogP contribution is 2.73. The van der Waals surface area contributed by atoms with Gasteiger partial charge in [-0.3, -0.25) is 9.69 Å². The van der Waals surface area contributed by atoms with Crippen molar-refractivity contribution in [3.8, 4) is 0 Å². The molecule has 3 nitrogen and oxygen atoms in total. The molecule has 0 saturated heterocycles. The molecule has 27 heavy (non-hydrogen) atoms. The number of alkyl halides is 1. The summed E-state index contributed by atoms with van der Waals surface area (Å²) < 4.78 is -0.0762. The average Bonchev–Trinajstić information content (AvgIpc) is 2.58. The van der Waals surface area contributed by atoms with Crippen molar-refractivity contribution < 1.29 is 9.90 Å². The molecule has 0 saturated carbocycles. The topological polar surface area (TPSA) is 40.5 Å². The lowest BCUT2D eigenvalue weighted by molar-refractivity contribution is -0.138. The molecule has 2 rings (SSSR count). The van der Waals surface area contributed by atoms with Crippen LogP contribution >= 0.6 is 70.7 Å². The normalized spacial score (nSPS) is 11.7. The van der Waals surface area contributed by atoms with E-state index in [2.05, 4.69) is 31.9 Å². The molecular formula is C17H17Br2ClNO2PS3. The average molecular weight is 590 g/mol. The van der Waals surface area contributed by atoms with Gasteiger partial charge in [0.15, 0.2) is 0 Å². The lowest BCUT2D eigenvalue weighted by Crippen LogP contribution is -2.31. The highest BCUT2D eigenvalue weighted by Gasteiger charge is 2.25. The lowest BCUT2D eigenvalue weighted by atomic mass is 10.4. The van der Waals surface area contributed by atoms with E-state index in [0.717, 1.165) is 18.7 Å². The van der Waals surface area contributed by atoms with E-state index >= 15 is 0 Å². The van der Waals surface area contributed by atoms with Crippen molar-refractivity contribution in [3.63, 3.8) is 0 Å². The largest absolute Gasteiger partial charge is 0.480 e. The molecule has 0 aliphatic rings. The van der Waals surface area contributed by atoms with Gasteiger partial charge < -0.3 is 5.11 Å². The van der Waals surface area contributed by atoms with Crippen LogP contribution in [0.3, 0.4) is 0 Å². The molecule has 0 fully saturated rings. The van der Waals surface area contributed by atoms with Gasteiger partial charge in [0.25, 0.3) is 0 Å². The predicted molar refractivity (Wildman–Crippen MR) is 129 cm³/mol. The third-order valence-corrected chi connectivity index (χ3v) is 13.4. The first-order valence-corrected chi connectivity index (χ1v) is 15.7. The summed E-state index contributed by atoms with van der Waals surface area (Å²) in [6, 6.07) is 16.1. The molecule has 0 unspecified atom stereocenters. The Morgan fingerprint density at radius 2 is 1.48 bits per heavy atom. The maximum Gasteiger partial charge on any atom is 0.317 e. The van der Waals surface area contributed by atoms with Gasteiger partial charge in [-0.25, -0.2) is 0 Å². The van der Waals surface area contributed by atoms with Crippen molar-refractivity contribution in [2.24, 2.45) is 0 Å². The van der Waals surface area contributed by atoms with Crippen LogP contribution in [0.5, 0.6) is 0 Å². The first kappa shape index (κ1) is 23.7. The summed E-state index contributed by atoms with van der Waals surface area (Å²) in [6.07, 6.45) is 0.517. The molecule has 0 aliphatic heterocycles. The zero-order valence-electron chi connectivity index (χ0n) is 14.1. The van der Waals surface area contributed by atoms with E-state index in [-0.39, 0.29) is 6.54 Å². The molecule has 0 bridgehead atoms. The fraction of sp³-hybridized carbons (Fsp3) is 0.235. The summed E-state index contributed by atoms with van der Waals surface area (Å²) in [7, 11) is 0. The van der Waals surface area contributed by atoms with Crippen molar-refractivity contribution in [1.29, 1.82) is 0 Å². The summed E-state index contributed by atoms with van der Waals surface area (Å²) in [4.78, 5) is 15.2. The fourth-order valence-electron chi connectivity index (χ4n) is 2.14. The maximum absolute atomic E-state index is 11.2. The van der Waals surface area contributed by atoms with Crippen LogP contribution in [0.2, 0.25) is 0 Å². The number of hydrogen-bond acceptors (Lipinski definition) is 5. The summed E-state index contributed by atoms with van der Waals surface area (Å²) in [6.45, 7) is 0.431. The standard InChI is InChI=1S/C17H17Br2ClNO2PS3/c18-13-1-5-15(6-2-13)26-24(25,12-21(10-9-20)11-17(22)23)27-16-7-3-14(19)4-8-16/h1-8H,9-12H2,(H,22,23). The van der Waals surface area contributed by atoms with E-state index in [1.54, 1.807) is 22.8 Å². The number of carbonyl (C=O) groups is 1. The molecule has 0 aromatic heterocycles. The van der Waals surface area contributed by atoms with Gasteiger partial charge in [-0.05, 0) is 48.5 Å². The zero-order valence-corrected chi connectivity index (χ0v) is 21.3. The summed E-state index contributed by atoms with van der Waals surface area (Å²) in [5, 5.41) is 9.22. The van der Waals surface area contributed by atoms with Crippen molar-refractivity contribution in [3.05, 3.63) is 57.5 Å². The maximum atomic E-state index is 11.2. The monoisotopic (exact) mass is 587 g/mol. The number of rotatable bonds is 10. The van der Waals surface area contributed by atoms with Crippen molar-refractivity contribution in [1.82, 2.24) is 4.90 Å². The molecule has 0 radical (unpaired) electrons. The Morgan fingerprint density at radius 1 is 1.04 bits per heavy atom. The van der Waals surface area contributed by atoms with Crippen LogP contribution in [-0.2, 0) is 16.6 Å². The number of nitrogens with zero attached hydrogens (tertiary/aromatic N) is 1. The summed E-state index contributed by atoms with van der Waals surface area (Å²) >= 11 is 22.2. The van der Waals surface area contributed by atoms with E-state index in [9.17, 15) is 9.90 Å². The van der Waals surface area contributed by atoms with Crippen molar-refractivity contribution in [2.75, 3.05) is 25.3 Å². The predicted octanol–water partition coefficient (Wildman–Crippen LogP) is 6.99. The van der Waals surface area contributed by atoms with Crippen LogP contribution in [0.25, 0.3) is 0 Å². The minimum atomic E-state index is -2.10. The lowest BCUT2D eigenvalue weighted by Gasteiger charge is -2.28. The number of benzene rings is 2. The third kappa shape index (κ3) is 8.79. The van der Waals surface area contributed by atoms with Gasteiger partial charge >= 0.3 is 5.97 Å². The SMILES string of the molecule is O=C(O)CN(CCCl)CP(=S)(Sc1ccc(Br)cc1)Sc1ccc(Br)cc1. The van der Waals surface area contributed by atoms with E-state index in [1.807, 2.05) is 53.4 Å². The quantitative estimate of drug-likeness (QED) is 0.238. The Labute approximate surface area is 194 Å². The molecule has 10 heteroatoms. The van der Waals surface area contributed by atoms with E-state index in [0.29, 0.717) is 18.7 Å². The van der Waals surface area contributed by atoms with Gasteiger partial charge in [0.05, 0.1) is 11.0 Å². The Balaban J connectivity index is 2.27. The van der Waals surface area contributed by atoms with Crippen LogP contribution in [0.15, 0.2) is 67.3 Å². The first-order valence-electron chi connectivity index (χ1n) is 7.79. The van der Waals surface area contributed by atoms with Crippen molar-refractivity contribution >= 4 is 88.4 Å². The zero-order chi connectivity index (χ0) is 19.9. The van der Waals surface area contributed by atoms with Gasteiger partial charge in [-0.2, -0.15) is 0 Å². The second-order valence-corrected chi connectivity index (χ2v) is 19.3. The van der Waals surface area contributed by atoms with Gasteiger partial charge in [-0.1, -0.05) is 66.4 Å². The van der Waals surface area contributed by atoms with E-state index < -0.39 is 10.4 Å². The van der Waals surface area contributed by atoms with Gasteiger partial charge in [-0.15, -0.1) is 11.6 Å². The number of carboxylic acid groups (broad SMARTS) is 1. The van der Waals surface area contributed by atoms with Crippen LogP contribution < -0.4 is 0 Å². The summed E-state index contributed by atoms with van der Waals surface area (Å²) in [5.41, 5.74) is 0. The number of aliphatic carboxylic acids is 1. The molecule has 0 spiro atoms. The molecule has 1 N–H and O–H groups in total. The van der Waals surface area contributed by atoms with E-state index in [1.165, 1.54) is 0 Å². The number of halogens is 3. The molecule has 2 aromatic carbocycles. The molecule has 0 amide bonds. The minimum absolute atomic E-state index is 0.0626.